The molecule has 2 amide bonds. The molecule has 0 bridgehead atoms. The minimum absolute atomic E-state index is 0.0158. The van der Waals surface area contributed by atoms with Crippen molar-refractivity contribution in [1.29, 1.82) is 0 Å². The van der Waals surface area contributed by atoms with Crippen molar-refractivity contribution in [3.8, 4) is 0 Å². The first-order chi connectivity index (χ1) is 6.70. The monoisotopic (exact) mass is 230 g/mol. The molecule has 5 heteroatoms. The van der Waals surface area contributed by atoms with Crippen LogP contribution >= 0.6 is 22.9 Å². The molecule has 1 fully saturated rings. The molecule has 0 spiro atoms. The van der Waals surface area contributed by atoms with Gasteiger partial charge in [-0.05, 0) is 19.1 Å². The number of hydrogen-bond donors (Lipinski definition) is 1. The van der Waals surface area contributed by atoms with E-state index in [-0.39, 0.29) is 12.1 Å². The van der Waals surface area contributed by atoms with Crippen LogP contribution in [0.1, 0.15) is 17.8 Å². The van der Waals surface area contributed by atoms with Crippen LogP contribution in [0.2, 0.25) is 4.34 Å². The SMILES string of the molecule is CCN1CC(c2ccc(Cl)s2)NC1=O. The van der Waals surface area contributed by atoms with E-state index < -0.39 is 0 Å². The largest absolute Gasteiger partial charge is 0.329 e. The average Bonchev–Trinajstić information content (AvgIpc) is 2.71. The molecular weight excluding hydrogens is 220 g/mol. The van der Waals surface area contributed by atoms with E-state index >= 15 is 0 Å². The molecule has 14 heavy (non-hydrogen) atoms. The number of nitrogens with one attached hydrogen (secondary N) is 1. The van der Waals surface area contributed by atoms with Crippen LogP contribution in [0.15, 0.2) is 12.1 Å². The van der Waals surface area contributed by atoms with Gasteiger partial charge in [0.05, 0.1) is 10.4 Å². The number of amides is 2. The normalized spacial score (nSPS) is 21.4. The lowest BCUT2D eigenvalue weighted by atomic mass is 10.2. The first-order valence-electron chi connectivity index (χ1n) is 4.51. The van der Waals surface area contributed by atoms with Crippen molar-refractivity contribution in [1.82, 2.24) is 10.2 Å². The molecule has 1 aliphatic heterocycles. The van der Waals surface area contributed by atoms with Gasteiger partial charge in [0, 0.05) is 18.0 Å². The Labute approximate surface area is 91.7 Å². The third-order valence-electron chi connectivity index (χ3n) is 2.31. The highest BCUT2D eigenvalue weighted by Gasteiger charge is 2.29. The maximum atomic E-state index is 11.4. The summed E-state index contributed by atoms with van der Waals surface area (Å²) in [4.78, 5) is 14.3. The van der Waals surface area contributed by atoms with Crippen molar-refractivity contribution in [3.63, 3.8) is 0 Å². The molecule has 1 aromatic rings. The second-order valence-electron chi connectivity index (χ2n) is 3.18. The van der Waals surface area contributed by atoms with Crippen molar-refractivity contribution in [3.05, 3.63) is 21.3 Å². The summed E-state index contributed by atoms with van der Waals surface area (Å²) in [6.45, 7) is 3.47. The van der Waals surface area contributed by atoms with Gasteiger partial charge in [-0.3, -0.25) is 0 Å². The van der Waals surface area contributed by atoms with Gasteiger partial charge in [0.1, 0.15) is 0 Å². The Hall–Kier alpha value is -0.740. The van der Waals surface area contributed by atoms with E-state index in [0.29, 0.717) is 0 Å². The van der Waals surface area contributed by atoms with Gasteiger partial charge >= 0.3 is 6.03 Å². The Bertz CT molecular complexity index is 352. The molecule has 1 atom stereocenters. The van der Waals surface area contributed by atoms with Crippen molar-refractivity contribution in [2.45, 2.75) is 13.0 Å². The van der Waals surface area contributed by atoms with Crippen molar-refractivity contribution < 1.29 is 4.79 Å². The zero-order valence-electron chi connectivity index (χ0n) is 7.79. The molecule has 1 aromatic heterocycles. The molecular formula is C9H11ClN2OS. The third kappa shape index (κ3) is 1.72. The molecule has 0 radical (unpaired) electrons. The van der Waals surface area contributed by atoms with Crippen LogP contribution in [0.4, 0.5) is 4.79 Å². The number of carbonyl (C=O) groups excluding carboxylic acids is 1. The number of thiophene rings is 1. The van der Waals surface area contributed by atoms with Gasteiger partial charge < -0.3 is 10.2 Å². The molecule has 1 aliphatic rings. The zero-order chi connectivity index (χ0) is 10.1. The van der Waals surface area contributed by atoms with E-state index in [1.54, 1.807) is 4.90 Å². The van der Waals surface area contributed by atoms with E-state index in [1.165, 1.54) is 11.3 Å². The fraction of sp³-hybridized carbons (Fsp3) is 0.444. The highest BCUT2D eigenvalue weighted by molar-refractivity contribution is 7.16. The Balaban J connectivity index is 2.12. The molecule has 0 aromatic carbocycles. The molecule has 0 saturated carbocycles. The lowest BCUT2D eigenvalue weighted by Gasteiger charge is -2.09. The fourth-order valence-corrected chi connectivity index (χ4v) is 2.64. The molecule has 3 nitrogen and oxygen atoms in total. The van der Waals surface area contributed by atoms with E-state index in [4.69, 9.17) is 11.6 Å². The second kappa shape index (κ2) is 3.79. The fourth-order valence-electron chi connectivity index (χ4n) is 1.54. The van der Waals surface area contributed by atoms with Crippen molar-refractivity contribution in [2.75, 3.05) is 13.1 Å². The third-order valence-corrected chi connectivity index (χ3v) is 3.65. The smallest absolute Gasteiger partial charge is 0.318 e. The Morgan fingerprint density at radius 2 is 2.50 bits per heavy atom. The summed E-state index contributed by atoms with van der Waals surface area (Å²) in [5.74, 6) is 0. The molecule has 2 heterocycles. The van der Waals surface area contributed by atoms with Gasteiger partial charge in [-0.1, -0.05) is 11.6 Å². The maximum Gasteiger partial charge on any atom is 0.318 e. The summed E-state index contributed by atoms with van der Waals surface area (Å²) in [6.07, 6.45) is 0. The van der Waals surface area contributed by atoms with Crippen LogP contribution in [0.25, 0.3) is 0 Å². The van der Waals surface area contributed by atoms with Gasteiger partial charge in [0.2, 0.25) is 0 Å². The highest BCUT2D eigenvalue weighted by atomic mass is 35.5. The summed E-state index contributed by atoms with van der Waals surface area (Å²) < 4.78 is 0.768. The van der Waals surface area contributed by atoms with Gasteiger partial charge in [-0.25, -0.2) is 4.79 Å². The van der Waals surface area contributed by atoms with Crippen LogP contribution in [0.3, 0.4) is 0 Å². The maximum absolute atomic E-state index is 11.4. The minimum Gasteiger partial charge on any atom is -0.329 e. The summed E-state index contributed by atoms with van der Waals surface area (Å²) >= 11 is 7.36. The number of nitrogens with zero attached hydrogens (tertiary/aromatic N) is 1. The topological polar surface area (TPSA) is 32.3 Å². The molecule has 76 valence electrons. The van der Waals surface area contributed by atoms with Crippen LogP contribution < -0.4 is 5.32 Å². The zero-order valence-corrected chi connectivity index (χ0v) is 9.36. The average molecular weight is 231 g/mol. The molecule has 1 N–H and O–H groups in total. The van der Waals surface area contributed by atoms with Gasteiger partial charge in [0.15, 0.2) is 0 Å². The van der Waals surface area contributed by atoms with Crippen LogP contribution in [-0.2, 0) is 0 Å². The number of urea groups is 1. The van der Waals surface area contributed by atoms with Crippen LogP contribution in [-0.4, -0.2) is 24.0 Å². The standard InChI is InChI=1S/C9H11ClN2OS/c1-2-12-5-6(11-9(12)13)7-3-4-8(10)14-7/h3-4,6H,2,5H2,1H3,(H,11,13). The second-order valence-corrected chi connectivity index (χ2v) is 4.93. The first kappa shape index (κ1) is 9.80. The number of halogens is 1. The summed E-state index contributed by atoms with van der Waals surface area (Å²) in [7, 11) is 0. The summed E-state index contributed by atoms with van der Waals surface area (Å²) in [5.41, 5.74) is 0. The number of rotatable bonds is 2. The van der Waals surface area contributed by atoms with E-state index in [0.717, 1.165) is 22.3 Å². The quantitative estimate of drug-likeness (QED) is 0.832. The Kier molecular flexibility index (Phi) is 2.65. The molecule has 1 saturated heterocycles. The predicted octanol–water partition coefficient (Wildman–Crippen LogP) is 2.49. The first-order valence-corrected chi connectivity index (χ1v) is 5.71. The number of carbonyl (C=O) groups is 1. The van der Waals surface area contributed by atoms with Crippen molar-refractivity contribution >= 4 is 29.0 Å². The molecule has 0 aliphatic carbocycles. The lowest BCUT2D eigenvalue weighted by Crippen LogP contribution is -2.27. The van der Waals surface area contributed by atoms with Gasteiger partial charge in [-0.15, -0.1) is 11.3 Å². The highest BCUT2D eigenvalue weighted by Crippen LogP contribution is 2.29. The lowest BCUT2D eigenvalue weighted by molar-refractivity contribution is 0.219. The van der Waals surface area contributed by atoms with Crippen LogP contribution in [0, 0.1) is 0 Å². The summed E-state index contributed by atoms with van der Waals surface area (Å²) in [6, 6.07) is 3.96. The molecule has 2 rings (SSSR count). The van der Waals surface area contributed by atoms with Gasteiger partial charge in [-0.2, -0.15) is 0 Å². The van der Waals surface area contributed by atoms with Crippen molar-refractivity contribution in [2.24, 2.45) is 0 Å². The minimum atomic E-state index is 0.0158. The van der Waals surface area contributed by atoms with E-state index in [2.05, 4.69) is 5.32 Å². The van der Waals surface area contributed by atoms with E-state index in [9.17, 15) is 4.79 Å². The van der Waals surface area contributed by atoms with Gasteiger partial charge in [0.25, 0.3) is 0 Å². The Morgan fingerprint density at radius 1 is 1.71 bits per heavy atom. The van der Waals surface area contributed by atoms with E-state index in [1.807, 2.05) is 19.1 Å². The predicted molar refractivity (Wildman–Crippen MR) is 57.8 cm³/mol. The summed E-state index contributed by atoms with van der Waals surface area (Å²) in [5, 5.41) is 2.92. The number of likely N-dealkylation sites (N-methyl/N-ethyl adjacent to an activating group) is 1. The Morgan fingerprint density at radius 3 is 3.00 bits per heavy atom. The molecule has 1 unspecified atom stereocenters. The van der Waals surface area contributed by atoms with Crippen LogP contribution in [0.5, 0.6) is 0 Å². The number of hydrogen-bond acceptors (Lipinski definition) is 2.